The topological polar surface area (TPSA) is 60.7 Å². The van der Waals surface area contributed by atoms with E-state index in [0.717, 1.165) is 19.3 Å². The molecule has 0 bridgehead atoms. The molecule has 0 spiro atoms. The van der Waals surface area contributed by atoms with Gasteiger partial charge >= 0.3 is 0 Å². The molecule has 0 aromatic carbocycles. The lowest BCUT2D eigenvalue weighted by atomic mass is 9.80. The fourth-order valence-electron chi connectivity index (χ4n) is 2.43. The summed E-state index contributed by atoms with van der Waals surface area (Å²) in [5, 5.41) is 18.3. The molecule has 0 aromatic rings. The number of hydrogen-bond acceptors (Lipinski definition) is 3. The molecule has 0 radical (unpaired) electrons. The van der Waals surface area contributed by atoms with Crippen molar-refractivity contribution in [1.29, 1.82) is 0 Å². The summed E-state index contributed by atoms with van der Waals surface area (Å²) < 4.78 is 0. The van der Waals surface area contributed by atoms with Crippen LogP contribution in [0.15, 0.2) is 0 Å². The first kappa shape index (κ1) is 12.2. The summed E-state index contributed by atoms with van der Waals surface area (Å²) in [5.41, 5.74) is 0.391. The first-order chi connectivity index (χ1) is 6.49. The predicted molar refractivity (Wildman–Crippen MR) is 58.5 cm³/mol. The highest BCUT2D eigenvalue weighted by atomic mass is 28.4. The Hall–Kier alpha value is 0.0969. The lowest BCUT2D eigenvalue weighted by Gasteiger charge is -2.38. The molecule has 1 aliphatic carbocycles. The van der Waals surface area contributed by atoms with Gasteiger partial charge in [0.15, 0.2) is 8.32 Å². The van der Waals surface area contributed by atoms with Crippen molar-refractivity contribution in [3.8, 4) is 0 Å². The van der Waals surface area contributed by atoms with E-state index in [1.165, 1.54) is 0 Å². The lowest BCUT2D eigenvalue weighted by molar-refractivity contribution is 0.0844. The van der Waals surface area contributed by atoms with E-state index in [4.69, 9.17) is 5.11 Å². The van der Waals surface area contributed by atoms with Gasteiger partial charge in [-0.2, -0.15) is 0 Å². The molecule has 14 heavy (non-hydrogen) atoms. The van der Waals surface area contributed by atoms with Crippen LogP contribution in [0.2, 0.25) is 18.6 Å². The largest absolute Gasteiger partial charge is 0.432 e. The SMILES string of the molecule is C[Si](C)(O)C1CCC(CO)C(CO)C1. The third-order valence-electron chi connectivity index (χ3n) is 3.61. The highest BCUT2D eigenvalue weighted by Gasteiger charge is 2.38. The van der Waals surface area contributed by atoms with Crippen LogP contribution in [0.25, 0.3) is 0 Å². The van der Waals surface area contributed by atoms with Gasteiger partial charge in [-0.3, -0.25) is 0 Å². The van der Waals surface area contributed by atoms with Crippen LogP contribution in [0.5, 0.6) is 0 Å². The maximum Gasteiger partial charge on any atom is 0.185 e. The number of aliphatic hydroxyl groups is 2. The fraction of sp³-hybridized carbons (Fsp3) is 1.00. The molecule has 1 fully saturated rings. The van der Waals surface area contributed by atoms with E-state index in [-0.39, 0.29) is 25.0 Å². The molecule has 0 aromatic heterocycles. The second kappa shape index (κ2) is 4.75. The number of rotatable bonds is 3. The van der Waals surface area contributed by atoms with Crippen molar-refractivity contribution in [2.45, 2.75) is 37.9 Å². The second-order valence-electron chi connectivity index (χ2n) is 5.05. The Morgan fingerprint density at radius 1 is 1.07 bits per heavy atom. The standard InChI is InChI=1S/C10H22O3Si/c1-14(2,13)10-4-3-8(6-11)9(5-10)7-12/h8-13H,3-7H2,1-2H3. The molecular formula is C10H22O3Si. The number of aliphatic hydroxyl groups excluding tert-OH is 2. The van der Waals surface area contributed by atoms with Crippen molar-refractivity contribution >= 4 is 8.32 Å². The molecule has 3 unspecified atom stereocenters. The van der Waals surface area contributed by atoms with Crippen molar-refractivity contribution < 1.29 is 15.0 Å². The zero-order valence-corrected chi connectivity index (χ0v) is 10.1. The van der Waals surface area contributed by atoms with Crippen LogP contribution in [0.4, 0.5) is 0 Å². The van der Waals surface area contributed by atoms with E-state index in [2.05, 4.69) is 0 Å². The second-order valence-corrected chi connectivity index (χ2v) is 9.17. The minimum absolute atomic E-state index is 0.145. The van der Waals surface area contributed by atoms with Gasteiger partial charge in [0.05, 0.1) is 0 Å². The zero-order valence-electron chi connectivity index (χ0n) is 9.11. The summed E-state index contributed by atoms with van der Waals surface area (Å²) in [5.74, 6) is 0.435. The van der Waals surface area contributed by atoms with Crippen molar-refractivity contribution in [1.82, 2.24) is 0 Å². The molecule has 0 amide bonds. The van der Waals surface area contributed by atoms with E-state index in [0.29, 0.717) is 5.54 Å². The molecule has 3 nitrogen and oxygen atoms in total. The maximum absolute atomic E-state index is 10.0. The predicted octanol–water partition coefficient (Wildman–Crippen LogP) is 0.955. The minimum Gasteiger partial charge on any atom is -0.432 e. The Kier molecular flexibility index (Phi) is 4.12. The molecular weight excluding hydrogens is 196 g/mol. The Morgan fingerprint density at radius 2 is 1.64 bits per heavy atom. The third kappa shape index (κ3) is 2.79. The van der Waals surface area contributed by atoms with Crippen molar-refractivity contribution in [2.24, 2.45) is 11.8 Å². The average molecular weight is 218 g/mol. The van der Waals surface area contributed by atoms with E-state index in [1.807, 2.05) is 13.1 Å². The first-order valence-corrected chi connectivity index (χ1v) is 8.45. The highest BCUT2D eigenvalue weighted by molar-refractivity contribution is 6.71. The van der Waals surface area contributed by atoms with Gasteiger partial charge in [0, 0.05) is 13.2 Å². The molecule has 0 aliphatic heterocycles. The van der Waals surface area contributed by atoms with Gasteiger partial charge in [-0.1, -0.05) is 6.42 Å². The third-order valence-corrected chi connectivity index (χ3v) is 6.13. The van der Waals surface area contributed by atoms with Crippen molar-refractivity contribution in [3.63, 3.8) is 0 Å². The van der Waals surface area contributed by atoms with Crippen molar-refractivity contribution in [2.75, 3.05) is 13.2 Å². The van der Waals surface area contributed by atoms with E-state index in [9.17, 15) is 9.90 Å². The summed E-state index contributed by atoms with van der Waals surface area (Å²) in [6.07, 6.45) is 2.85. The molecule has 0 saturated heterocycles. The van der Waals surface area contributed by atoms with Crippen LogP contribution in [0.3, 0.4) is 0 Å². The Labute approximate surface area is 86.9 Å². The van der Waals surface area contributed by atoms with Gasteiger partial charge in [-0.15, -0.1) is 0 Å². The van der Waals surface area contributed by atoms with Crippen LogP contribution in [-0.4, -0.2) is 36.5 Å². The monoisotopic (exact) mass is 218 g/mol. The van der Waals surface area contributed by atoms with E-state index in [1.54, 1.807) is 0 Å². The van der Waals surface area contributed by atoms with Crippen molar-refractivity contribution in [3.05, 3.63) is 0 Å². The van der Waals surface area contributed by atoms with Crippen LogP contribution >= 0.6 is 0 Å². The molecule has 4 heteroatoms. The smallest absolute Gasteiger partial charge is 0.185 e. The van der Waals surface area contributed by atoms with E-state index < -0.39 is 8.32 Å². The van der Waals surface area contributed by atoms with Gasteiger partial charge in [0.2, 0.25) is 0 Å². The molecule has 0 heterocycles. The molecule has 1 aliphatic rings. The summed E-state index contributed by atoms with van der Waals surface area (Å²) >= 11 is 0. The summed E-state index contributed by atoms with van der Waals surface area (Å²) in [6.45, 7) is 4.24. The van der Waals surface area contributed by atoms with Crippen LogP contribution in [0, 0.1) is 11.8 Å². The molecule has 3 N–H and O–H groups in total. The van der Waals surface area contributed by atoms with E-state index >= 15 is 0 Å². The molecule has 1 saturated carbocycles. The maximum atomic E-state index is 10.0. The minimum atomic E-state index is -2.05. The quantitative estimate of drug-likeness (QED) is 0.618. The number of hydrogen-bond donors (Lipinski definition) is 3. The fourth-order valence-corrected chi connectivity index (χ4v) is 4.18. The zero-order chi connectivity index (χ0) is 10.8. The van der Waals surface area contributed by atoms with Gasteiger partial charge in [0.25, 0.3) is 0 Å². The van der Waals surface area contributed by atoms with Gasteiger partial charge in [0.1, 0.15) is 0 Å². The summed E-state index contributed by atoms with van der Waals surface area (Å²) in [4.78, 5) is 10.0. The summed E-state index contributed by atoms with van der Waals surface area (Å²) in [7, 11) is -2.05. The summed E-state index contributed by atoms with van der Waals surface area (Å²) in [6, 6.07) is 0. The van der Waals surface area contributed by atoms with Crippen LogP contribution in [-0.2, 0) is 0 Å². The highest BCUT2D eigenvalue weighted by Crippen LogP contribution is 2.41. The van der Waals surface area contributed by atoms with Crippen LogP contribution < -0.4 is 0 Å². The molecule has 1 rings (SSSR count). The lowest BCUT2D eigenvalue weighted by Crippen LogP contribution is -2.39. The normalized spacial score (nSPS) is 34.5. The average Bonchev–Trinajstić information content (AvgIpc) is 2.15. The van der Waals surface area contributed by atoms with Gasteiger partial charge in [-0.05, 0) is 43.3 Å². The Bertz CT molecular complexity index is 179. The van der Waals surface area contributed by atoms with Gasteiger partial charge < -0.3 is 15.0 Å². The molecule has 84 valence electrons. The Morgan fingerprint density at radius 3 is 2.07 bits per heavy atom. The van der Waals surface area contributed by atoms with Crippen LogP contribution in [0.1, 0.15) is 19.3 Å². The Balaban J connectivity index is 2.57. The molecule has 3 atom stereocenters. The first-order valence-electron chi connectivity index (χ1n) is 5.43. The van der Waals surface area contributed by atoms with Gasteiger partial charge in [-0.25, -0.2) is 0 Å².